The van der Waals surface area contributed by atoms with Gasteiger partial charge in [0.2, 0.25) is 11.9 Å². The summed E-state index contributed by atoms with van der Waals surface area (Å²) in [5.74, 6) is -0.289. The molecule has 0 aliphatic carbocycles. The fraction of sp³-hybridized carbons (Fsp3) is 0.0833. The quantitative estimate of drug-likeness (QED) is 0.876. The molecule has 5 heteroatoms. The van der Waals surface area contributed by atoms with Gasteiger partial charge in [-0.2, -0.15) is 0 Å². The molecular formula is C12H10FN3O. The van der Waals surface area contributed by atoms with Gasteiger partial charge in [-0.15, -0.1) is 0 Å². The first-order valence-corrected chi connectivity index (χ1v) is 5.05. The maximum atomic E-state index is 12.7. The molecule has 17 heavy (non-hydrogen) atoms. The van der Waals surface area contributed by atoms with E-state index in [0.717, 1.165) is 5.56 Å². The van der Waals surface area contributed by atoms with E-state index < -0.39 is 0 Å². The Balaban J connectivity index is 1.96. The fourth-order valence-electron chi connectivity index (χ4n) is 1.32. The van der Waals surface area contributed by atoms with Crippen molar-refractivity contribution in [1.29, 1.82) is 0 Å². The zero-order chi connectivity index (χ0) is 12.1. The van der Waals surface area contributed by atoms with Gasteiger partial charge in [0, 0.05) is 12.4 Å². The summed E-state index contributed by atoms with van der Waals surface area (Å²) >= 11 is 0. The third-order valence-corrected chi connectivity index (χ3v) is 2.09. The van der Waals surface area contributed by atoms with E-state index >= 15 is 0 Å². The highest BCUT2D eigenvalue weighted by molar-refractivity contribution is 5.90. The average Bonchev–Trinajstić information content (AvgIpc) is 2.33. The van der Waals surface area contributed by atoms with Crippen molar-refractivity contribution in [3.63, 3.8) is 0 Å². The van der Waals surface area contributed by atoms with Crippen molar-refractivity contribution in [3.05, 3.63) is 54.1 Å². The number of hydrogen-bond acceptors (Lipinski definition) is 3. The van der Waals surface area contributed by atoms with Crippen LogP contribution in [0.4, 0.5) is 10.3 Å². The Morgan fingerprint density at radius 2 is 1.82 bits per heavy atom. The first kappa shape index (κ1) is 11.2. The normalized spacial score (nSPS) is 9.94. The average molecular weight is 231 g/mol. The Morgan fingerprint density at radius 3 is 2.47 bits per heavy atom. The Hall–Kier alpha value is -2.30. The topological polar surface area (TPSA) is 54.9 Å². The first-order valence-electron chi connectivity index (χ1n) is 5.05. The van der Waals surface area contributed by atoms with Crippen LogP contribution in [0.25, 0.3) is 0 Å². The number of rotatable bonds is 3. The predicted octanol–water partition coefficient (Wildman–Crippen LogP) is 1.80. The molecule has 0 spiro atoms. The molecular weight excluding hydrogens is 221 g/mol. The molecule has 0 radical (unpaired) electrons. The van der Waals surface area contributed by atoms with Crippen molar-refractivity contribution in [2.75, 3.05) is 5.32 Å². The van der Waals surface area contributed by atoms with E-state index in [1.807, 2.05) is 0 Å². The van der Waals surface area contributed by atoms with E-state index in [-0.39, 0.29) is 24.1 Å². The van der Waals surface area contributed by atoms with E-state index in [9.17, 15) is 9.18 Å². The zero-order valence-electron chi connectivity index (χ0n) is 8.93. The van der Waals surface area contributed by atoms with Crippen molar-refractivity contribution in [3.8, 4) is 0 Å². The summed E-state index contributed by atoms with van der Waals surface area (Å²) < 4.78 is 12.7. The summed E-state index contributed by atoms with van der Waals surface area (Å²) in [7, 11) is 0. The molecule has 0 saturated heterocycles. The molecule has 0 saturated carbocycles. The van der Waals surface area contributed by atoms with Gasteiger partial charge in [-0.3, -0.25) is 10.1 Å². The number of anilines is 1. The summed E-state index contributed by atoms with van der Waals surface area (Å²) in [5.41, 5.74) is 0.736. The smallest absolute Gasteiger partial charge is 0.231 e. The maximum Gasteiger partial charge on any atom is 0.231 e. The van der Waals surface area contributed by atoms with E-state index in [2.05, 4.69) is 15.3 Å². The van der Waals surface area contributed by atoms with Crippen molar-refractivity contribution < 1.29 is 9.18 Å². The Bertz CT molecular complexity index is 499. The van der Waals surface area contributed by atoms with Gasteiger partial charge in [-0.25, -0.2) is 14.4 Å². The molecule has 0 aliphatic heterocycles. The summed E-state index contributed by atoms with van der Waals surface area (Å²) in [6.45, 7) is 0. The second-order valence-electron chi connectivity index (χ2n) is 3.42. The van der Waals surface area contributed by atoms with Crippen molar-refractivity contribution in [2.45, 2.75) is 6.42 Å². The van der Waals surface area contributed by atoms with Crippen LogP contribution >= 0.6 is 0 Å². The molecule has 2 aromatic rings. The third-order valence-electron chi connectivity index (χ3n) is 2.09. The minimum absolute atomic E-state index is 0.165. The monoisotopic (exact) mass is 231 g/mol. The molecule has 0 atom stereocenters. The van der Waals surface area contributed by atoms with Gasteiger partial charge < -0.3 is 0 Å². The lowest BCUT2D eigenvalue weighted by Gasteiger charge is -2.03. The van der Waals surface area contributed by atoms with E-state index in [1.165, 1.54) is 12.1 Å². The molecule has 1 aromatic heterocycles. The summed E-state index contributed by atoms with van der Waals surface area (Å²) in [6.07, 6.45) is 3.25. The molecule has 2 rings (SSSR count). The number of nitrogens with one attached hydrogen (secondary N) is 1. The highest BCUT2D eigenvalue weighted by Crippen LogP contribution is 2.04. The van der Waals surface area contributed by atoms with Crippen LogP contribution in [-0.2, 0) is 11.2 Å². The van der Waals surface area contributed by atoms with Gasteiger partial charge in [0.1, 0.15) is 5.82 Å². The molecule has 4 nitrogen and oxygen atoms in total. The van der Waals surface area contributed by atoms with E-state index in [1.54, 1.807) is 30.6 Å². The second-order valence-corrected chi connectivity index (χ2v) is 3.42. The maximum absolute atomic E-state index is 12.7. The molecule has 1 heterocycles. The number of aromatic nitrogens is 2. The number of carbonyl (C=O) groups is 1. The van der Waals surface area contributed by atoms with Crippen molar-refractivity contribution in [1.82, 2.24) is 9.97 Å². The van der Waals surface area contributed by atoms with Gasteiger partial charge in [-0.05, 0) is 23.8 Å². The number of hydrogen-bond donors (Lipinski definition) is 1. The second kappa shape index (κ2) is 5.16. The molecule has 0 bridgehead atoms. The predicted molar refractivity (Wildman–Crippen MR) is 60.8 cm³/mol. The van der Waals surface area contributed by atoms with Crippen LogP contribution in [0.5, 0.6) is 0 Å². The lowest BCUT2D eigenvalue weighted by atomic mass is 10.1. The number of nitrogens with zero attached hydrogens (tertiary/aromatic N) is 2. The Labute approximate surface area is 97.5 Å². The molecule has 1 N–H and O–H groups in total. The summed E-state index contributed by atoms with van der Waals surface area (Å²) in [5, 5.41) is 2.55. The number of amides is 1. The van der Waals surface area contributed by atoms with Crippen LogP contribution < -0.4 is 5.32 Å². The fourth-order valence-corrected chi connectivity index (χ4v) is 1.32. The SMILES string of the molecule is O=C(Cc1ccc(F)cc1)Nc1ncccn1. The van der Waals surface area contributed by atoms with Gasteiger partial charge in [-0.1, -0.05) is 12.1 Å². The van der Waals surface area contributed by atoms with Crippen LogP contribution in [0.1, 0.15) is 5.56 Å². The van der Waals surface area contributed by atoms with Gasteiger partial charge >= 0.3 is 0 Å². The number of carbonyl (C=O) groups excluding carboxylic acids is 1. The highest BCUT2D eigenvalue weighted by atomic mass is 19.1. The van der Waals surface area contributed by atoms with Crippen molar-refractivity contribution in [2.24, 2.45) is 0 Å². The van der Waals surface area contributed by atoms with Gasteiger partial charge in [0.05, 0.1) is 6.42 Å². The number of benzene rings is 1. The van der Waals surface area contributed by atoms with Crippen LogP contribution in [0.2, 0.25) is 0 Å². The zero-order valence-corrected chi connectivity index (χ0v) is 8.93. The molecule has 86 valence electrons. The van der Waals surface area contributed by atoms with Crippen LogP contribution in [-0.4, -0.2) is 15.9 Å². The molecule has 1 amide bonds. The third kappa shape index (κ3) is 3.34. The molecule has 0 unspecified atom stereocenters. The largest absolute Gasteiger partial charge is 0.294 e. The number of halogens is 1. The van der Waals surface area contributed by atoms with E-state index in [4.69, 9.17) is 0 Å². The van der Waals surface area contributed by atoms with Gasteiger partial charge in [0.25, 0.3) is 0 Å². The molecule has 0 fully saturated rings. The Morgan fingerprint density at radius 1 is 1.18 bits per heavy atom. The minimum Gasteiger partial charge on any atom is -0.294 e. The van der Waals surface area contributed by atoms with Crippen LogP contribution in [0.3, 0.4) is 0 Å². The van der Waals surface area contributed by atoms with Crippen LogP contribution in [0, 0.1) is 5.82 Å². The Kier molecular flexibility index (Phi) is 3.40. The van der Waals surface area contributed by atoms with Gasteiger partial charge in [0.15, 0.2) is 0 Å². The lowest BCUT2D eigenvalue weighted by molar-refractivity contribution is -0.115. The molecule has 1 aromatic carbocycles. The highest BCUT2D eigenvalue weighted by Gasteiger charge is 2.05. The molecule has 0 aliphatic rings. The standard InChI is InChI=1S/C12H10FN3O/c13-10-4-2-9(3-5-10)8-11(17)16-12-14-6-1-7-15-12/h1-7H,8H2,(H,14,15,16,17). The van der Waals surface area contributed by atoms with Crippen molar-refractivity contribution >= 4 is 11.9 Å². The first-order chi connectivity index (χ1) is 8.24. The van der Waals surface area contributed by atoms with Crippen LogP contribution in [0.15, 0.2) is 42.7 Å². The lowest BCUT2D eigenvalue weighted by Crippen LogP contribution is -2.16. The van der Waals surface area contributed by atoms with E-state index in [0.29, 0.717) is 0 Å². The summed E-state index contributed by atoms with van der Waals surface area (Å²) in [6, 6.07) is 7.44. The summed E-state index contributed by atoms with van der Waals surface area (Å²) in [4.78, 5) is 19.3. The minimum atomic E-state index is -0.319.